The van der Waals surface area contributed by atoms with Crippen LogP contribution in [0.2, 0.25) is 0 Å². The van der Waals surface area contributed by atoms with Crippen molar-refractivity contribution in [3.8, 4) is 22.1 Å². The summed E-state index contributed by atoms with van der Waals surface area (Å²) in [6.45, 7) is 3.92. The predicted molar refractivity (Wildman–Crippen MR) is 135 cm³/mol. The molecule has 9 nitrogen and oxygen atoms in total. The molecule has 35 heavy (non-hydrogen) atoms. The zero-order chi connectivity index (χ0) is 24.2. The van der Waals surface area contributed by atoms with Crippen LogP contribution < -0.4 is 15.0 Å². The van der Waals surface area contributed by atoms with E-state index in [2.05, 4.69) is 30.2 Å². The van der Waals surface area contributed by atoms with Gasteiger partial charge in [-0.25, -0.2) is 19.9 Å². The summed E-state index contributed by atoms with van der Waals surface area (Å²) in [6, 6.07) is 9.80. The number of carbonyl (C=O) groups is 1. The standard InChI is InChI=1S/C25H27N7O2S/c1-17-26-9-12-32(17)23-13-22(28-16-29-23)31-10-7-18(8-11-31)24(33)27-14-20-15-35-25(30-20)19-3-5-21(34-2)6-4-19/h3-6,9,12-13,15-16,18H,7-8,10-11,14H2,1-2H3,(H,27,33). The maximum atomic E-state index is 12.8. The number of benzene rings is 1. The van der Waals surface area contributed by atoms with Gasteiger partial charge in [0.15, 0.2) is 0 Å². The molecule has 1 amide bonds. The zero-order valence-electron chi connectivity index (χ0n) is 19.7. The number of thiazole rings is 1. The Balaban J connectivity index is 1.13. The molecule has 4 aromatic rings. The Bertz CT molecular complexity index is 1290. The topological polar surface area (TPSA) is 98.1 Å². The van der Waals surface area contributed by atoms with Crippen LogP contribution >= 0.6 is 11.3 Å². The van der Waals surface area contributed by atoms with Gasteiger partial charge >= 0.3 is 0 Å². The lowest BCUT2D eigenvalue weighted by Crippen LogP contribution is -2.40. The number of nitrogens with zero attached hydrogens (tertiary/aromatic N) is 6. The van der Waals surface area contributed by atoms with Crippen molar-refractivity contribution in [2.24, 2.45) is 5.92 Å². The lowest BCUT2D eigenvalue weighted by Gasteiger charge is -2.32. The number of amides is 1. The van der Waals surface area contributed by atoms with E-state index in [0.29, 0.717) is 6.54 Å². The van der Waals surface area contributed by atoms with Gasteiger partial charge < -0.3 is 15.0 Å². The summed E-state index contributed by atoms with van der Waals surface area (Å²) in [5, 5.41) is 6.00. The van der Waals surface area contributed by atoms with E-state index < -0.39 is 0 Å². The second-order valence-electron chi connectivity index (χ2n) is 8.43. The monoisotopic (exact) mass is 489 g/mol. The first-order chi connectivity index (χ1) is 17.1. The second-order valence-corrected chi connectivity index (χ2v) is 9.29. The molecule has 180 valence electrons. The molecule has 4 heterocycles. The number of rotatable bonds is 7. The summed E-state index contributed by atoms with van der Waals surface area (Å²) in [4.78, 5) is 32.8. The lowest BCUT2D eigenvalue weighted by atomic mass is 9.96. The van der Waals surface area contributed by atoms with Crippen LogP contribution in [0.5, 0.6) is 5.75 Å². The normalized spacial score (nSPS) is 14.2. The maximum absolute atomic E-state index is 12.8. The molecule has 0 bridgehead atoms. The number of nitrogens with one attached hydrogen (secondary N) is 1. The molecule has 1 N–H and O–H groups in total. The van der Waals surface area contributed by atoms with Crippen LogP contribution in [-0.4, -0.2) is 50.6 Å². The molecule has 0 spiro atoms. The van der Waals surface area contributed by atoms with Crippen LogP contribution in [0.3, 0.4) is 0 Å². The number of aryl methyl sites for hydroxylation is 1. The highest BCUT2D eigenvalue weighted by atomic mass is 32.1. The molecule has 0 aliphatic carbocycles. The van der Waals surface area contributed by atoms with Gasteiger partial charge in [0.1, 0.15) is 34.5 Å². The van der Waals surface area contributed by atoms with Gasteiger partial charge in [0.25, 0.3) is 0 Å². The summed E-state index contributed by atoms with van der Waals surface area (Å²) in [6.07, 6.45) is 6.79. The molecule has 1 aliphatic heterocycles. The number of ether oxygens (including phenoxy) is 1. The Labute approximate surface area is 207 Å². The van der Waals surface area contributed by atoms with Crippen molar-refractivity contribution in [3.63, 3.8) is 0 Å². The highest BCUT2D eigenvalue weighted by Crippen LogP contribution is 2.26. The van der Waals surface area contributed by atoms with Crippen molar-refractivity contribution >= 4 is 23.1 Å². The van der Waals surface area contributed by atoms with Crippen molar-refractivity contribution in [1.29, 1.82) is 0 Å². The number of aromatic nitrogens is 5. The molecule has 10 heteroatoms. The van der Waals surface area contributed by atoms with E-state index in [1.165, 1.54) is 0 Å². The Morgan fingerprint density at radius 1 is 1.14 bits per heavy atom. The van der Waals surface area contributed by atoms with E-state index in [1.54, 1.807) is 31.0 Å². The fourth-order valence-electron chi connectivity index (χ4n) is 4.21. The molecule has 0 saturated carbocycles. The first-order valence-electron chi connectivity index (χ1n) is 11.5. The quantitative estimate of drug-likeness (QED) is 0.423. The van der Waals surface area contributed by atoms with E-state index in [4.69, 9.17) is 4.74 Å². The van der Waals surface area contributed by atoms with Crippen LogP contribution in [0.1, 0.15) is 24.4 Å². The molecule has 1 fully saturated rings. The molecule has 1 aromatic carbocycles. The largest absolute Gasteiger partial charge is 0.497 e. The van der Waals surface area contributed by atoms with Crippen LogP contribution in [0, 0.1) is 12.8 Å². The minimum Gasteiger partial charge on any atom is -0.497 e. The lowest BCUT2D eigenvalue weighted by molar-refractivity contribution is -0.125. The second kappa shape index (κ2) is 10.2. The van der Waals surface area contributed by atoms with E-state index in [1.807, 2.05) is 53.4 Å². The average molecular weight is 490 g/mol. The number of piperidine rings is 1. The van der Waals surface area contributed by atoms with Crippen LogP contribution in [-0.2, 0) is 11.3 Å². The van der Waals surface area contributed by atoms with E-state index in [9.17, 15) is 4.79 Å². The van der Waals surface area contributed by atoms with Gasteiger partial charge in [0, 0.05) is 48.4 Å². The van der Waals surface area contributed by atoms with E-state index in [0.717, 1.165) is 65.4 Å². The van der Waals surface area contributed by atoms with Crippen molar-refractivity contribution in [2.75, 3.05) is 25.1 Å². The van der Waals surface area contributed by atoms with Crippen molar-refractivity contribution in [2.45, 2.75) is 26.3 Å². The highest BCUT2D eigenvalue weighted by molar-refractivity contribution is 7.13. The fourth-order valence-corrected chi connectivity index (χ4v) is 5.03. The Morgan fingerprint density at radius 2 is 1.91 bits per heavy atom. The molecule has 1 aliphatic rings. The van der Waals surface area contributed by atoms with Crippen LogP contribution in [0.25, 0.3) is 16.4 Å². The van der Waals surface area contributed by atoms with Gasteiger partial charge in [-0.05, 0) is 44.0 Å². The summed E-state index contributed by atoms with van der Waals surface area (Å²) >= 11 is 1.57. The van der Waals surface area contributed by atoms with Crippen LogP contribution in [0.4, 0.5) is 5.82 Å². The number of hydrogen-bond donors (Lipinski definition) is 1. The number of anilines is 1. The molecule has 0 atom stereocenters. The molecule has 3 aromatic heterocycles. The van der Waals surface area contributed by atoms with Gasteiger partial charge in [-0.3, -0.25) is 9.36 Å². The predicted octanol–water partition coefficient (Wildman–Crippen LogP) is 3.64. The van der Waals surface area contributed by atoms with E-state index in [-0.39, 0.29) is 11.8 Å². The minimum atomic E-state index is -0.0110. The van der Waals surface area contributed by atoms with Gasteiger partial charge in [-0.2, -0.15) is 0 Å². The van der Waals surface area contributed by atoms with Crippen molar-refractivity contribution < 1.29 is 9.53 Å². The maximum Gasteiger partial charge on any atom is 0.223 e. The Hall–Kier alpha value is -3.79. The highest BCUT2D eigenvalue weighted by Gasteiger charge is 2.26. The Kier molecular flexibility index (Phi) is 6.71. The molecular formula is C25H27N7O2S. The SMILES string of the molecule is COc1ccc(-c2nc(CNC(=O)C3CCN(c4cc(-n5ccnc5C)ncn4)CC3)cs2)cc1. The molecule has 5 rings (SSSR count). The van der Waals surface area contributed by atoms with Crippen LogP contribution in [0.15, 0.2) is 54.4 Å². The molecule has 0 radical (unpaired) electrons. The first-order valence-corrected chi connectivity index (χ1v) is 12.4. The van der Waals surface area contributed by atoms with Gasteiger partial charge in [0.2, 0.25) is 5.91 Å². The minimum absolute atomic E-state index is 0.0110. The summed E-state index contributed by atoms with van der Waals surface area (Å²) in [5.41, 5.74) is 1.91. The fraction of sp³-hybridized carbons (Fsp3) is 0.320. The van der Waals surface area contributed by atoms with Gasteiger partial charge in [-0.15, -0.1) is 11.3 Å². The number of methoxy groups -OCH3 is 1. The third-order valence-corrected chi connectivity index (χ3v) is 7.17. The number of imidazole rings is 1. The van der Waals surface area contributed by atoms with Gasteiger partial charge in [-0.1, -0.05) is 0 Å². The third-order valence-electron chi connectivity index (χ3n) is 6.23. The summed E-state index contributed by atoms with van der Waals surface area (Å²) < 4.78 is 7.15. The summed E-state index contributed by atoms with van der Waals surface area (Å²) in [5.74, 6) is 3.43. The van der Waals surface area contributed by atoms with Crippen molar-refractivity contribution in [1.82, 2.24) is 29.8 Å². The molecule has 0 unspecified atom stereocenters. The number of hydrogen-bond acceptors (Lipinski definition) is 8. The summed E-state index contributed by atoms with van der Waals surface area (Å²) in [7, 11) is 1.65. The number of carbonyl (C=O) groups excluding carboxylic acids is 1. The third kappa shape index (κ3) is 5.17. The average Bonchev–Trinajstić information content (AvgIpc) is 3.56. The zero-order valence-corrected chi connectivity index (χ0v) is 20.5. The molecular weight excluding hydrogens is 462 g/mol. The van der Waals surface area contributed by atoms with Gasteiger partial charge in [0.05, 0.1) is 19.3 Å². The van der Waals surface area contributed by atoms with Crippen molar-refractivity contribution in [3.05, 3.63) is 66.0 Å². The smallest absolute Gasteiger partial charge is 0.223 e. The Morgan fingerprint density at radius 3 is 2.63 bits per heavy atom. The molecule has 1 saturated heterocycles. The first kappa shape index (κ1) is 23.0. The van der Waals surface area contributed by atoms with E-state index >= 15 is 0 Å².